The number of sulfonamides is 1. The molecule has 1 atom stereocenters. The van der Waals surface area contributed by atoms with Crippen LogP contribution in [0.4, 0.5) is 11.4 Å². The molecule has 2 aromatic rings. The normalized spacial score (nSPS) is 18.6. The van der Waals surface area contributed by atoms with Crippen LogP contribution in [0.25, 0.3) is 0 Å². The summed E-state index contributed by atoms with van der Waals surface area (Å²) in [5.74, 6) is 0.0627. The van der Waals surface area contributed by atoms with Crippen molar-refractivity contribution in [3.8, 4) is 5.75 Å². The predicted molar refractivity (Wildman–Crippen MR) is 117 cm³/mol. The number of methoxy groups -OCH3 is 1. The number of rotatable bonds is 5. The zero-order chi connectivity index (χ0) is 22.2. The molecule has 2 aromatic carbocycles. The van der Waals surface area contributed by atoms with Crippen molar-refractivity contribution in [3.63, 3.8) is 0 Å². The minimum atomic E-state index is -3.57. The van der Waals surface area contributed by atoms with E-state index >= 15 is 0 Å². The van der Waals surface area contributed by atoms with Crippen LogP contribution in [0, 0.1) is 0 Å². The molecule has 0 saturated carbocycles. The van der Waals surface area contributed by atoms with Crippen LogP contribution in [0.5, 0.6) is 5.75 Å². The van der Waals surface area contributed by atoms with Gasteiger partial charge in [-0.05, 0) is 60.9 Å². The number of hydrogen-bond donors (Lipinski definition) is 1. The Morgan fingerprint density at radius 1 is 1.06 bits per heavy atom. The van der Waals surface area contributed by atoms with Crippen LogP contribution in [0.3, 0.4) is 0 Å². The SMILES string of the molecule is COc1ccc(NC(=O)C2Cc3cc(S(=O)(=O)N4CCCC4)ccc3N2C(C)=O)cc1. The Kier molecular flexibility index (Phi) is 5.72. The molecule has 1 fully saturated rings. The number of hydrogen-bond acceptors (Lipinski definition) is 5. The molecule has 0 radical (unpaired) electrons. The lowest BCUT2D eigenvalue weighted by atomic mass is 10.1. The lowest BCUT2D eigenvalue weighted by Gasteiger charge is -2.23. The topological polar surface area (TPSA) is 96.0 Å². The molecule has 9 heteroatoms. The molecule has 4 rings (SSSR count). The molecular weight excluding hydrogens is 418 g/mol. The van der Waals surface area contributed by atoms with Crippen LogP contribution in [-0.4, -0.2) is 50.8 Å². The van der Waals surface area contributed by atoms with Crippen molar-refractivity contribution in [2.45, 2.75) is 37.1 Å². The molecule has 2 heterocycles. The van der Waals surface area contributed by atoms with Gasteiger partial charge in [0.2, 0.25) is 21.8 Å². The quantitative estimate of drug-likeness (QED) is 0.766. The van der Waals surface area contributed by atoms with E-state index in [1.54, 1.807) is 43.5 Å². The summed E-state index contributed by atoms with van der Waals surface area (Å²) in [4.78, 5) is 27.0. The van der Waals surface area contributed by atoms with Crippen molar-refractivity contribution in [1.82, 2.24) is 4.31 Å². The van der Waals surface area contributed by atoms with Crippen LogP contribution >= 0.6 is 0 Å². The van der Waals surface area contributed by atoms with Gasteiger partial charge in [-0.2, -0.15) is 4.31 Å². The number of benzene rings is 2. The molecular formula is C22H25N3O5S. The van der Waals surface area contributed by atoms with E-state index in [1.165, 1.54) is 22.2 Å². The Morgan fingerprint density at radius 2 is 1.74 bits per heavy atom. The van der Waals surface area contributed by atoms with Gasteiger partial charge in [0.15, 0.2) is 0 Å². The van der Waals surface area contributed by atoms with E-state index in [9.17, 15) is 18.0 Å². The highest BCUT2D eigenvalue weighted by Crippen LogP contribution is 2.35. The summed E-state index contributed by atoms with van der Waals surface area (Å²) in [6.45, 7) is 2.44. The monoisotopic (exact) mass is 443 g/mol. The van der Waals surface area contributed by atoms with Gasteiger partial charge in [0.25, 0.3) is 0 Å². The second-order valence-corrected chi connectivity index (χ2v) is 9.67. The maximum Gasteiger partial charge on any atom is 0.247 e. The zero-order valence-electron chi connectivity index (χ0n) is 17.5. The molecule has 1 unspecified atom stereocenters. The van der Waals surface area contributed by atoms with Crippen molar-refractivity contribution in [2.24, 2.45) is 0 Å². The maximum absolute atomic E-state index is 13.0. The Morgan fingerprint density at radius 3 is 2.35 bits per heavy atom. The first-order valence-corrected chi connectivity index (χ1v) is 11.6. The first-order valence-electron chi connectivity index (χ1n) is 10.2. The molecule has 0 spiro atoms. The highest BCUT2D eigenvalue weighted by Gasteiger charge is 2.38. The van der Waals surface area contributed by atoms with Gasteiger partial charge in [0, 0.05) is 37.8 Å². The number of nitrogens with one attached hydrogen (secondary N) is 1. The zero-order valence-corrected chi connectivity index (χ0v) is 18.3. The summed E-state index contributed by atoms with van der Waals surface area (Å²) in [7, 11) is -2.01. The lowest BCUT2D eigenvalue weighted by Crippen LogP contribution is -2.44. The number of ether oxygens (including phenoxy) is 1. The van der Waals surface area contributed by atoms with Crippen LogP contribution in [-0.2, 0) is 26.0 Å². The van der Waals surface area contributed by atoms with E-state index in [0.717, 1.165) is 12.8 Å². The molecule has 0 aromatic heterocycles. The molecule has 8 nitrogen and oxygen atoms in total. The molecule has 2 amide bonds. The smallest absolute Gasteiger partial charge is 0.247 e. The van der Waals surface area contributed by atoms with Gasteiger partial charge >= 0.3 is 0 Å². The summed E-state index contributed by atoms with van der Waals surface area (Å²) < 4.78 is 32.4. The van der Waals surface area contributed by atoms with Crippen molar-refractivity contribution in [3.05, 3.63) is 48.0 Å². The van der Waals surface area contributed by atoms with Gasteiger partial charge < -0.3 is 10.1 Å². The van der Waals surface area contributed by atoms with Gasteiger partial charge in [-0.3, -0.25) is 14.5 Å². The van der Waals surface area contributed by atoms with E-state index < -0.39 is 16.1 Å². The summed E-state index contributed by atoms with van der Waals surface area (Å²) in [5, 5.41) is 2.83. The van der Waals surface area contributed by atoms with E-state index in [4.69, 9.17) is 4.74 Å². The fraction of sp³-hybridized carbons (Fsp3) is 0.364. The van der Waals surface area contributed by atoms with Crippen molar-refractivity contribution in [2.75, 3.05) is 30.4 Å². The Balaban J connectivity index is 1.59. The van der Waals surface area contributed by atoms with Gasteiger partial charge in [-0.15, -0.1) is 0 Å². The molecule has 0 aliphatic carbocycles. The third-order valence-electron chi connectivity index (χ3n) is 5.74. The molecule has 1 N–H and O–H groups in total. The Bertz CT molecular complexity index is 1110. The summed E-state index contributed by atoms with van der Waals surface area (Å²) in [5.41, 5.74) is 1.83. The van der Waals surface area contributed by atoms with Crippen LogP contribution in [0.2, 0.25) is 0 Å². The van der Waals surface area contributed by atoms with Crippen molar-refractivity contribution in [1.29, 1.82) is 0 Å². The second-order valence-electron chi connectivity index (χ2n) is 7.73. The third kappa shape index (κ3) is 4.03. The lowest BCUT2D eigenvalue weighted by molar-refractivity contribution is -0.122. The minimum absolute atomic E-state index is 0.202. The number of anilines is 2. The molecule has 2 aliphatic heterocycles. The molecule has 0 bridgehead atoms. The highest BCUT2D eigenvalue weighted by atomic mass is 32.2. The van der Waals surface area contributed by atoms with Gasteiger partial charge in [-0.1, -0.05) is 0 Å². The number of nitrogens with zero attached hydrogens (tertiary/aromatic N) is 2. The predicted octanol–water partition coefficient (Wildman–Crippen LogP) is 2.40. The fourth-order valence-corrected chi connectivity index (χ4v) is 5.73. The average Bonchev–Trinajstić information content (AvgIpc) is 3.42. The van der Waals surface area contributed by atoms with Crippen molar-refractivity contribution < 1.29 is 22.7 Å². The molecule has 164 valence electrons. The number of fused-ring (bicyclic) bond motifs is 1. The third-order valence-corrected chi connectivity index (χ3v) is 7.63. The van der Waals surface area contributed by atoms with E-state index in [2.05, 4.69) is 5.32 Å². The Hall–Kier alpha value is -2.91. The molecule has 1 saturated heterocycles. The summed E-state index contributed by atoms with van der Waals surface area (Å²) in [6.07, 6.45) is 1.96. The Labute approximate surface area is 181 Å². The molecule has 31 heavy (non-hydrogen) atoms. The summed E-state index contributed by atoms with van der Waals surface area (Å²) in [6, 6.07) is 10.9. The first-order chi connectivity index (χ1) is 14.8. The highest BCUT2D eigenvalue weighted by molar-refractivity contribution is 7.89. The summed E-state index contributed by atoms with van der Waals surface area (Å²) >= 11 is 0. The van der Waals surface area contributed by atoms with Crippen LogP contribution < -0.4 is 15.0 Å². The van der Waals surface area contributed by atoms with E-state index in [1.807, 2.05) is 0 Å². The van der Waals surface area contributed by atoms with E-state index in [-0.39, 0.29) is 23.1 Å². The number of amides is 2. The van der Waals surface area contributed by atoms with Crippen molar-refractivity contribution >= 4 is 33.2 Å². The minimum Gasteiger partial charge on any atom is -0.497 e. The standard InChI is InChI=1S/C22H25N3O5S/c1-15(26)25-20-10-9-19(31(28,29)24-11-3-4-12-24)13-16(20)14-21(25)22(27)23-17-5-7-18(30-2)8-6-17/h5-10,13,21H,3-4,11-12,14H2,1-2H3,(H,23,27). The average molecular weight is 444 g/mol. The van der Waals surface area contributed by atoms with Crippen LogP contribution in [0.15, 0.2) is 47.4 Å². The van der Waals surface area contributed by atoms with Crippen LogP contribution in [0.1, 0.15) is 25.3 Å². The first kappa shape index (κ1) is 21.3. The fourth-order valence-electron chi connectivity index (χ4n) is 4.16. The largest absolute Gasteiger partial charge is 0.497 e. The second kappa shape index (κ2) is 8.32. The number of carbonyl (C=O) groups is 2. The van der Waals surface area contributed by atoms with Gasteiger partial charge in [0.1, 0.15) is 11.8 Å². The maximum atomic E-state index is 13.0. The molecule has 2 aliphatic rings. The number of carbonyl (C=O) groups excluding carboxylic acids is 2. The van der Waals surface area contributed by atoms with Gasteiger partial charge in [0.05, 0.1) is 12.0 Å². The van der Waals surface area contributed by atoms with E-state index in [0.29, 0.717) is 35.8 Å². The van der Waals surface area contributed by atoms with Gasteiger partial charge in [-0.25, -0.2) is 8.42 Å².